The van der Waals surface area contributed by atoms with Crippen LogP contribution < -0.4 is 10.2 Å². The van der Waals surface area contributed by atoms with Crippen molar-refractivity contribution in [1.82, 2.24) is 5.32 Å². The average Bonchev–Trinajstić information content (AvgIpc) is 2.47. The number of anilines is 1. The van der Waals surface area contributed by atoms with Crippen molar-refractivity contribution in [3.63, 3.8) is 0 Å². The topological polar surface area (TPSA) is 24.5 Å². The van der Waals surface area contributed by atoms with Crippen LogP contribution in [0, 0.1) is 5.82 Å². The molecule has 1 unspecified atom stereocenters. The highest BCUT2D eigenvalue weighted by Crippen LogP contribution is 2.24. The van der Waals surface area contributed by atoms with Gasteiger partial charge >= 0.3 is 0 Å². The molecule has 20 heavy (non-hydrogen) atoms. The standard InChI is InChI=1S/C16H25FN2O/c1-3-18-11-14-15(17)8-6-9-16(14)19(2)12-13-7-4-5-10-20-13/h6,8-9,13,18H,3-5,7,10-12H2,1-2H3. The predicted octanol–water partition coefficient (Wildman–Crippen LogP) is 2.94. The van der Waals surface area contributed by atoms with Gasteiger partial charge in [-0.1, -0.05) is 13.0 Å². The Labute approximate surface area is 121 Å². The van der Waals surface area contributed by atoms with E-state index in [0.717, 1.165) is 43.8 Å². The molecule has 1 aliphatic rings. The highest BCUT2D eigenvalue weighted by molar-refractivity contribution is 5.53. The van der Waals surface area contributed by atoms with Gasteiger partial charge in [0, 0.05) is 38.0 Å². The Hall–Kier alpha value is -1.13. The minimum Gasteiger partial charge on any atom is -0.376 e. The van der Waals surface area contributed by atoms with Crippen LogP contribution in [0.5, 0.6) is 0 Å². The smallest absolute Gasteiger partial charge is 0.129 e. The second-order valence-electron chi connectivity index (χ2n) is 5.39. The Morgan fingerprint density at radius 3 is 2.95 bits per heavy atom. The predicted molar refractivity (Wildman–Crippen MR) is 80.6 cm³/mol. The maximum atomic E-state index is 14.0. The van der Waals surface area contributed by atoms with Crippen LogP contribution in [0.4, 0.5) is 10.1 Å². The zero-order valence-corrected chi connectivity index (χ0v) is 12.5. The first-order chi connectivity index (χ1) is 9.72. The summed E-state index contributed by atoms with van der Waals surface area (Å²) in [6.45, 7) is 5.10. The van der Waals surface area contributed by atoms with Gasteiger partial charge in [-0.3, -0.25) is 0 Å². The molecule has 0 radical (unpaired) electrons. The molecule has 0 saturated carbocycles. The summed E-state index contributed by atoms with van der Waals surface area (Å²) in [5.74, 6) is -0.139. The van der Waals surface area contributed by atoms with Gasteiger partial charge in [-0.05, 0) is 37.9 Å². The molecule has 0 aromatic heterocycles. The van der Waals surface area contributed by atoms with Crippen molar-refractivity contribution >= 4 is 5.69 Å². The highest BCUT2D eigenvalue weighted by Gasteiger charge is 2.18. The number of likely N-dealkylation sites (N-methyl/N-ethyl adjacent to an activating group) is 1. The Bertz CT molecular complexity index is 419. The summed E-state index contributed by atoms with van der Waals surface area (Å²) in [5.41, 5.74) is 1.70. The van der Waals surface area contributed by atoms with Gasteiger partial charge in [-0.25, -0.2) is 4.39 Å². The molecule has 1 N–H and O–H groups in total. The Balaban J connectivity index is 2.07. The lowest BCUT2D eigenvalue weighted by Crippen LogP contribution is -2.34. The minimum absolute atomic E-state index is 0.139. The first kappa shape index (κ1) is 15.3. The van der Waals surface area contributed by atoms with Crippen LogP contribution >= 0.6 is 0 Å². The molecule has 1 atom stereocenters. The zero-order chi connectivity index (χ0) is 14.4. The maximum Gasteiger partial charge on any atom is 0.129 e. The molecule has 1 aliphatic heterocycles. The van der Waals surface area contributed by atoms with E-state index in [9.17, 15) is 4.39 Å². The van der Waals surface area contributed by atoms with Gasteiger partial charge in [0.1, 0.15) is 5.82 Å². The second-order valence-corrected chi connectivity index (χ2v) is 5.39. The molecule has 1 aromatic carbocycles. The monoisotopic (exact) mass is 280 g/mol. The van der Waals surface area contributed by atoms with Crippen molar-refractivity contribution in [3.8, 4) is 0 Å². The van der Waals surface area contributed by atoms with Gasteiger partial charge in [0.15, 0.2) is 0 Å². The molecule has 4 heteroatoms. The van der Waals surface area contributed by atoms with Crippen molar-refractivity contribution in [1.29, 1.82) is 0 Å². The lowest BCUT2D eigenvalue weighted by atomic mass is 10.1. The van der Waals surface area contributed by atoms with E-state index >= 15 is 0 Å². The van der Waals surface area contributed by atoms with Gasteiger partial charge in [0.05, 0.1) is 6.10 Å². The van der Waals surface area contributed by atoms with E-state index in [1.54, 1.807) is 6.07 Å². The number of ether oxygens (including phenoxy) is 1. The van der Waals surface area contributed by atoms with Crippen LogP contribution in [-0.4, -0.2) is 32.8 Å². The fraction of sp³-hybridized carbons (Fsp3) is 0.625. The number of benzene rings is 1. The van der Waals surface area contributed by atoms with E-state index in [1.165, 1.54) is 12.5 Å². The summed E-state index contributed by atoms with van der Waals surface area (Å²) in [6.07, 6.45) is 3.75. The van der Waals surface area contributed by atoms with Crippen molar-refractivity contribution in [2.45, 2.75) is 38.8 Å². The fourth-order valence-electron chi connectivity index (χ4n) is 2.69. The quantitative estimate of drug-likeness (QED) is 0.867. The molecule has 3 nitrogen and oxygen atoms in total. The van der Waals surface area contributed by atoms with Gasteiger partial charge < -0.3 is 15.0 Å². The van der Waals surface area contributed by atoms with Crippen LogP contribution in [-0.2, 0) is 11.3 Å². The third-order valence-corrected chi connectivity index (χ3v) is 3.81. The second kappa shape index (κ2) is 7.60. The SMILES string of the molecule is CCNCc1c(F)cccc1N(C)CC1CCCCO1. The van der Waals surface area contributed by atoms with Crippen LogP contribution in [0.3, 0.4) is 0 Å². The first-order valence-corrected chi connectivity index (χ1v) is 7.53. The normalized spacial score (nSPS) is 19.1. The molecule has 1 fully saturated rings. The molecule has 1 heterocycles. The van der Waals surface area contributed by atoms with Crippen LogP contribution in [0.2, 0.25) is 0 Å². The van der Waals surface area contributed by atoms with E-state index in [-0.39, 0.29) is 11.9 Å². The van der Waals surface area contributed by atoms with Crippen molar-refractivity contribution < 1.29 is 9.13 Å². The summed E-state index contributed by atoms with van der Waals surface area (Å²) in [6, 6.07) is 5.29. The number of nitrogens with one attached hydrogen (secondary N) is 1. The van der Waals surface area contributed by atoms with Gasteiger partial charge in [0.25, 0.3) is 0 Å². The average molecular weight is 280 g/mol. The van der Waals surface area contributed by atoms with Gasteiger partial charge in [-0.15, -0.1) is 0 Å². The third kappa shape index (κ3) is 3.93. The summed E-state index contributed by atoms with van der Waals surface area (Å²) in [7, 11) is 2.02. The number of hydrogen-bond acceptors (Lipinski definition) is 3. The molecule has 112 valence electrons. The molecule has 1 aromatic rings. The molecule has 0 spiro atoms. The third-order valence-electron chi connectivity index (χ3n) is 3.81. The molecule has 0 amide bonds. The number of hydrogen-bond donors (Lipinski definition) is 1. The van der Waals surface area contributed by atoms with E-state index in [1.807, 2.05) is 20.0 Å². The minimum atomic E-state index is -0.139. The number of nitrogens with zero attached hydrogens (tertiary/aromatic N) is 1. The summed E-state index contributed by atoms with van der Waals surface area (Å²) in [5, 5.41) is 3.21. The molecule has 2 rings (SSSR count). The molecule has 0 bridgehead atoms. The van der Waals surface area contributed by atoms with Crippen molar-refractivity contribution in [3.05, 3.63) is 29.6 Å². The highest BCUT2D eigenvalue weighted by atomic mass is 19.1. The number of halogens is 1. The van der Waals surface area contributed by atoms with Crippen molar-refractivity contribution in [2.24, 2.45) is 0 Å². The summed E-state index contributed by atoms with van der Waals surface area (Å²) < 4.78 is 19.8. The fourth-order valence-corrected chi connectivity index (χ4v) is 2.69. The van der Waals surface area contributed by atoms with E-state index in [4.69, 9.17) is 4.74 Å². The van der Waals surface area contributed by atoms with E-state index in [2.05, 4.69) is 10.2 Å². The van der Waals surface area contributed by atoms with Gasteiger partial charge in [0.2, 0.25) is 0 Å². The largest absolute Gasteiger partial charge is 0.376 e. The summed E-state index contributed by atoms with van der Waals surface area (Å²) >= 11 is 0. The van der Waals surface area contributed by atoms with Gasteiger partial charge in [-0.2, -0.15) is 0 Å². The number of rotatable bonds is 6. The molecule has 0 aliphatic carbocycles. The maximum absolute atomic E-state index is 14.0. The van der Waals surface area contributed by atoms with Crippen LogP contribution in [0.15, 0.2) is 18.2 Å². The lowest BCUT2D eigenvalue weighted by molar-refractivity contribution is 0.0216. The Kier molecular flexibility index (Phi) is 5.80. The van der Waals surface area contributed by atoms with E-state index < -0.39 is 0 Å². The van der Waals surface area contributed by atoms with E-state index in [0.29, 0.717) is 6.54 Å². The van der Waals surface area contributed by atoms with Crippen LogP contribution in [0.1, 0.15) is 31.7 Å². The Morgan fingerprint density at radius 2 is 2.25 bits per heavy atom. The first-order valence-electron chi connectivity index (χ1n) is 7.53. The molecule has 1 saturated heterocycles. The zero-order valence-electron chi connectivity index (χ0n) is 12.5. The lowest BCUT2D eigenvalue weighted by Gasteiger charge is -2.30. The van der Waals surface area contributed by atoms with Crippen LogP contribution in [0.25, 0.3) is 0 Å². The Morgan fingerprint density at radius 1 is 1.40 bits per heavy atom. The van der Waals surface area contributed by atoms with Crippen molar-refractivity contribution in [2.75, 3.05) is 31.6 Å². The molecular weight excluding hydrogens is 255 g/mol. The summed E-state index contributed by atoms with van der Waals surface area (Å²) in [4.78, 5) is 2.12. The molecular formula is C16H25FN2O.